The van der Waals surface area contributed by atoms with Crippen LogP contribution in [0, 0.1) is 5.82 Å². The molecule has 4 aromatic rings. The Balaban J connectivity index is 1.64. The molecule has 5 rings (SSSR count). The minimum atomic E-state index is -2.82. The van der Waals surface area contributed by atoms with E-state index in [0.29, 0.717) is 37.6 Å². The van der Waals surface area contributed by atoms with Gasteiger partial charge in [0.05, 0.1) is 24.3 Å². The molecule has 0 unspecified atom stereocenters. The Hall–Kier alpha value is -3.92. The number of H-pyrrole nitrogens is 1. The normalized spacial score (nSPS) is 14.1. The van der Waals surface area contributed by atoms with Gasteiger partial charge in [0, 0.05) is 36.1 Å². The summed E-state index contributed by atoms with van der Waals surface area (Å²) < 4.78 is 46.6. The summed E-state index contributed by atoms with van der Waals surface area (Å²) in [7, 11) is 0. The third kappa shape index (κ3) is 4.32. The van der Waals surface area contributed by atoms with Gasteiger partial charge in [0.2, 0.25) is 0 Å². The van der Waals surface area contributed by atoms with Crippen LogP contribution in [0.3, 0.4) is 0 Å². The number of aromatic amines is 1. The Bertz CT molecular complexity index is 1340. The van der Waals surface area contributed by atoms with Crippen LogP contribution in [-0.4, -0.2) is 47.2 Å². The van der Waals surface area contributed by atoms with Crippen molar-refractivity contribution in [3.8, 4) is 11.4 Å². The van der Waals surface area contributed by atoms with Crippen molar-refractivity contribution in [2.45, 2.75) is 6.43 Å². The average molecular weight is 467 g/mol. The molecule has 0 spiro atoms. The molecule has 174 valence electrons. The SMILES string of the molecule is O=C(Nc1ccccn1)c1cc(N2CCOCC2)cc2[nH]c(-c3cc(F)ccc3C(F)F)nc12. The van der Waals surface area contributed by atoms with Crippen LogP contribution in [-0.2, 0) is 4.74 Å². The van der Waals surface area contributed by atoms with Gasteiger partial charge in [0.1, 0.15) is 23.0 Å². The first kappa shape index (κ1) is 21.9. The van der Waals surface area contributed by atoms with Crippen molar-refractivity contribution in [3.63, 3.8) is 0 Å². The molecule has 0 saturated carbocycles. The fourth-order valence-corrected chi connectivity index (χ4v) is 3.95. The van der Waals surface area contributed by atoms with E-state index in [1.807, 2.05) is 0 Å². The molecule has 2 aromatic heterocycles. The Morgan fingerprint density at radius 1 is 1.12 bits per heavy atom. The number of hydrogen-bond acceptors (Lipinski definition) is 5. The highest BCUT2D eigenvalue weighted by molar-refractivity contribution is 6.12. The number of fused-ring (bicyclic) bond motifs is 1. The van der Waals surface area contributed by atoms with Crippen molar-refractivity contribution in [3.05, 3.63) is 71.7 Å². The molecule has 10 heteroatoms. The average Bonchev–Trinajstić information content (AvgIpc) is 3.28. The van der Waals surface area contributed by atoms with Gasteiger partial charge in [0.15, 0.2) is 0 Å². The lowest BCUT2D eigenvalue weighted by atomic mass is 10.1. The fourth-order valence-electron chi connectivity index (χ4n) is 3.95. The third-order valence-corrected chi connectivity index (χ3v) is 5.60. The molecule has 0 atom stereocenters. The van der Waals surface area contributed by atoms with E-state index in [4.69, 9.17) is 4.74 Å². The third-order valence-electron chi connectivity index (χ3n) is 5.60. The second-order valence-electron chi connectivity index (χ2n) is 7.78. The van der Waals surface area contributed by atoms with Gasteiger partial charge in [0.25, 0.3) is 12.3 Å². The molecule has 34 heavy (non-hydrogen) atoms. The molecular formula is C24H20F3N5O2. The van der Waals surface area contributed by atoms with Crippen LogP contribution in [0.4, 0.5) is 24.7 Å². The number of rotatable bonds is 5. The van der Waals surface area contributed by atoms with Gasteiger partial charge >= 0.3 is 0 Å². The number of nitrogens with zero attached hydrogens (tertiary/aromatic N) is 3. The number of alkyl halides is 2. The minimum Gasteiger partial charge on any atom is -0.378 e. The number of nitrogens with one attached hydrogen (secondary N) is 2. The second kappa shape index (κ2) is 9.14. The van der Waals surface area contributed by atoms with E-state index in [2.05, 4.69) is 25.2 Å². The molecule has 1 fully saturated rings. The van der Waals surface area contributed by atoms with Crippen LogP contribution >= 0.6 is 0 Å². The number of morpholine rings is 1. The topological polar surface area (TPSA) is 83.1 Å². The van der Waals surface area contributed by atoms with Gasteiger partial charge in [-0.1, -0.05) is 6.07 Å². The van der Waals surface area contributed by atoms with Crippen LogP contribution in [0.2, 0.25) is 0 Å². The zero-order valence-electron chi connectivity index (χ0n) is 17.9. The molecule has 1 saturated heterocycles. The van der Waals surface area contributed by atoms with E-state index >= 15 is 0 Å². The van der Waals surface area contributed by atoms with Crippen molar-refractivity contribution in [1.29, 1.82) is 0 Å². The first-order chi connectivity index (χ1) is 16.5. The van der Waals surface area contributed by atoms with Crippen LogP contribution in [0.5, 0.6) is 0 Å². The first-order valence-corrected chi connectivity index (χ1v) is 10.7. The maximum absolute atomic E-state index is 13.9. The van der Waals surface area contributed by atoms with Crippen molar-refractivity contribution in [2.24, 2.45) is 0 Å². The number of imidazole rings is 1. The summed E-state index contributed by atoms with van der Waals surface area (Å²) in [6.07, 6.45) is -1.27. The van der Waals surface area contributed by atoms with Crippen molar-refractivity contribution < 1.29 is 22.7 Å². The minimum absolute atomic E-state index is 0.0517. The summed E-state index contributed by atoms with van der Waals surface area (Å²) in [6, 6.07) is 11.7. The Labute approximate surface area is 192 Å². The summed E-state index contributed by atoms with van der Waals surface area (Å²) in [4.78, 5) is 26.8. The number of amides is 1. The van der Waals surface area contributed by atoms with Crippen molar-refractivity contribution in [2.75, 3.05) is 36.5 Å². The predicted molar refractivity (Wildman–Crippen MR) is 122 cm³/mol. The lowest BCUT2D eigenvalue weighted by molar-refractivity contribution is 0.102. The number of carbonyl (C=O) groups excluding carboxylic acids is 1. The zero-order chi connectivity index (χ0) is 23.7. The number of ether oxygens (including phenoxy) is 1. The van der Waals surface area contributed by atoms with Crippen LogP contribution in [0.1, 0.15) is 22.3 Å². The monoisotopic (exact) mass is 467 g/mol. The van der Waals surface area contributed by atoms with E-state index < -0.39 is 18.1 Å². The summed E-state index contributed by atoms with van der Waals surface area (Å²) in [5, 5.41) is 2.74. The van der Waals surface area contributed by atoms with Gasteiger partial charge in [-0.15, -0.1) is 0 Å². The molecule has 7 nitrogen and oxygen atoms in total. The molecule has 3 heterocycles. The number of hydrogen-bond donors (Lipinski definition) is 2. The lowest BCUT2D eigenvalue weighted by Crippen LogP contribution is -2.36. The number of carbonyl (C=O) groups is 1. The summed E-state index contributed by atoms with van der Waals surface area (Å²) in [5.41, 5.74) is 1.33. The summed E-state index contributed by atoms with van der Waals surface area (Å²) in [5.74, 6) is -0.707. The number of aromatic nitrogens is 3. The summed E-state index contributed by atoms with van der Waals surface area (Å²) in [6.45, 7) is 2.35. The van der Waals surface area contributed by atoms with E-state index in [0.717, 1.165) is 23.9 Å². The Morgan fingerprint density at radius 3 is 2.68 bits per heavy atom. The molecule has 0 radical (unpaired) electrons. The van der Waals surface area contributed by atoms with Crippen LogP contribution in [0.15, 0.2) is 54.7 Å². The predicted octanol–water partition coefficient (Wildman–Crippen LogP) is 4.79. The van der Waals surface area contributed by atoms with Gasteiger partial charge in [-0.2, -0.15) is 0 Å². The van der Waals surface area contributed by atoms with Gasteiger partial charge in [-0.25, -0.2) is 23.1 Å². The van der Waals surface area contributed by atoms with Gasteiger partial charge < -0.3 is 19.9 Å². The highest BCUT2D eigenvalue weighted by atomic mass is 19.3. The maximum atomic E-state index is 13.9. The second-order valence-corrected chi connectivity index (χ2v) is 7.78. The highest BCUT2D eigenvalue weighted by Gasteiger charge is 2.22. The molecule has 1 aliphatic heterocycles. The first-order valence-electron chi connectivity index (χ1n) is 10.7. The summed E-state index contributed by atoms with van der Waals surface area (Å²) >= 11 is 0. The standard InChI is InChI=1S/C24H20F3N5O2/c25-14-4-5-16(22(26)27)17(11-14)23-29-19-13-15(32-7-9-34-10-8-32)12-18(21(19)31-23)24(33)30-20-3-1-2-6-28-20/h1-6,11-13,22H,7-10H2,(H,29,31)(H,28,30,33). The molecular weight excluding hydrogens is 447 g/mol. The molecule has 0 aliphatic carbocycles. The molecule has 1 aliphatic rings. The van der Waals surface area contributed by atoms with Gasteiger partial charge in [-0.3, -0.25) is 4.79 Å². The van der Waals surface area contributed by atoms with E-state index in [1.54, 1.807) is 36.5 Å². The van der Waals surface area contributed by atoms with Gasteiger partial charge in [-0.05, 0) is 42.5 Å². The van der Waals surface area contributed by atoms with Crippen molar-refractivity contribution >= 4 is 28.4 Å². The maximum Gasteiger partial charge on any atom is 0.264 e. The molecule has 2 aromatic carbocycles. The fraction of sp³-hybridized carbons (Fsp3) is 0.208. The Kier molecular flexibility index (Phi) is 5.89. The highest BCUT2D eigenvalue weighted by Crippen LogP contribution is 2.34. The van der Waals surface area contributed by atoms with E-state index in [-0.39, 0.29) is 28.0 Å². The Morgan fingerprint density at radius 2 is 1.94 bits per heavy atom. The van der Waals surface area contributed by atoms with E-state index in [9.17, 15) is 18.0 Å². The van der Waals surface area contributed by atoms with Crippen LogP contribution in [0.25, 0.3) is 22.4 Å². The number of anilines is 2. The van der Waals surface area contributed by atoms with Crippen LogP contribution < -0.4 is 10.2 Å². The number of pyridine rings is 1. The number of benzene rings is 2. The quantitative estimate of drug-likeness (QED) is 0.441. The lowest BCUT2D eigenvalue weighted by Gasteiger charge is -2.29. The smallest absolute Gasteiger partial charge is 0.264 e. The van der Waals surface area contributed by atoms with Crippen molar-refractivity contribution in [1.82, 2.24) is 15.0 Å². The largest absolute Gasteiger partial charge is 0.378 e. The zero-order valence-corrected chi connectivity index (χ0v) is 17.9. The molecule has 1 amide bonds. The number of halogens is 3. The molecule has 2 N–H and O–H groups in total. The van der Waals surface area contributed by atoms with E-state index in [1.165, 1.54) is 0 Å². The molecule has 0 bridgehead atoms.